The highest BCUT2D eigenvalue weighted by molar-refractivity contribution is 5.96. The van der Waals surface area contributed by atoms with Crippen molar-refractivity contribution >= 4 is 23.5 Å². The van der Waals surface area contributed by atoms with Crippen molar-refractivity contribution in [2.24, 2.45) is 11.8 Å². The molecule has 1 N–H and O–H groups in total. The van der Waals surface area contributed by atoms with Crippen LogP contribution in [0.4, 0.5) is 10.5 Å². The van der Waals surface area contributed by atoms with Gasteiger partial charge in [-0.15, -0.1) is 0 Å². The molecule has 1 aromatic rings. The van der Waals surface area contributed by atoms with E-state index in [-0.39, 0.29) is 23.8 Å². The summed E-state index contributed by atoms with van der Waals surface area (Å²) in [4.78, 5) is 42.6. The number of hydrogen-bond acceptors (Lipinski definition) is 4. The van der Waals surface area contributed by atoms with E-state index < -0.39 is 0 Å². The molecule has 0 radical (unpaired) electrons. The van der Waals surface area contributed by atoms with E-state index in [0.29, 0.717) is 25.4 Å². The Bertz CT molecular complexity index is 722. The van der Waals surface area contributed by atoms with Crippen molar-refractivity contribution < 1.29 is 14.4 Å². The van der Waals surface area contributed by atoms with Gasteiger partial charge in [-0.05, 0) is 43.7 Å². The van der Waals surface area contributed by atoms with Crippen molar-refractivity contribution in [1.29, 1.82) is 0 Å². The van der Waals surface area contributed by atoms with Crippen molar-refractivity contribution in [1.82, 2.24) is 15.1 Å². The highest BCUT2D eigenvalue weighted by Crippen LogP contribution is 2.31. The third-order valence-corrected chi connectivity index (χ3v) is 6.51. The minimum atomic E-state index is -0.268. The van der Waals surface area contributed by atoms with E-state index in [9.17, 15) is 14.4 Å². The highest BCUT2D eigenvalue weighted by Gasteiger charge is 2.34. The third kappa shape index (κ3) is 4.54. The van der Waals surface area contributed by atoms with E-state index in [1.54, 1.807) is 0 Å². The average Bonchev–Trinajstić information content (AvgIpc) is 2.77. The highest BCUT2D eigenvalue weighted by atomic mass is 16.2. The number of nitrogens with zero attached hydrogens (tertiary/aromatic N) is 3. The number of carbonyl (C=O) groups excluding carboxylic acids is 3. The third-order valence-electron chi connectivity index (χ3n) is 6.51. The van der Waals surface area contributed by atoms with E-state index >= 15 is 0 Å². The van der Waals surface area contributed by atoms with E-state index in [0.717, 1.165) is 51.9 Å². The zero-order chi connectivity index (χ0) is 20.2. The summed E-state index contributed by atoms with van der Waals surface area (Å²) < 4.78 is 0. The Morgan fingerprint density at radius 2 is 1.66 bits per heavy atom. The predicted octanol–water partition coefficient (Wildman–Crippen LogP) is 2.08. The molecule has 4 rings (SSSR count). The maximum absolute atomic E-state index is 13.0. The fraction of sp³-hybridized carbons (Fsp3) is 0.591. The molecule has 0 spiro atoms. The van der Waals surface area contributed by atoms with Crippen LogP contribution in [0, 0.1) is 11.8 Å². The molecule has 1 saturated carbocycles. The average molecular weight is 399 g/mol. The van der Waals surface area contributed by atoms with Crippen LogP contribution in [0.15, 0.2) is 30.3 Å². The Labute approximate surface area is 172 Å². The standard InChI is InChI=1S/C22H30N4O3/c27-20-10-11-23-22(29)26(20)16-17-6-8-18(9-7-17)21(28)25-14-12-24(13-15-25)19-4-2-1-3-5-19/h1-5,17-18H,6-16H2,(H,23,29). The number of piperazine rings is 1. The van der Waals surface area contributed by atoms with Crippen LogP contribution < -0.4 is 10.2 Å². The molecule has 2 heterocycles. The van der Waals surface area contributed by atoms with Gasteiger partial charge in [-0.3, -0.25) is 14.5 Å². The SMILES string of the molecule is O=C(C1CCC(CN2C(=O)CCNC2=O)CC1)N1CCN(c2ccccc2)CC1. The molecule has 7 heteroatoms. The van der Waals surface area contributed by atoms with Gasteiger partial charge < -0.3 is 15.1 Å². The number of para-hydroxylation sites is 1. The monoisotopic (exact) mass is 398 g/mol. The quantitative estimate of drug-likeness (QED) is 0.843. The van der Waals surface area contributed by atoms with Gasteiger partial charge in [0.25, 0.3) is 0 Å². The van der Waals surface area contributed by atoms with Crippen LogP contribution in [0.2, 0.25) is 0 Å². The van der Waals surface area contributed by atoms with E-state index in [1.807, 2.05) is 23.1 Å². The summed E-state index contributed by atoms with van der Waals surface area (Å²) in [6, 6.07) is 10.1. The number of anilines is 1. The molecule has 0 unspecified atom stereocenters. The Balaban J connectivity index is 1.23. The summed E-state index contributed by atoms with van der Waals surface area (Å²) in [5.74, 6) is 0.591. The summed E-state index contributed by atoms with van der Waals surface area (Å²) in [6.07, 6.45) is 3.89. The van der Waals surface area contributed by atoms with Crippen molar-refractivity contribution in [3.8, 4) is 0 Å². The molecule has 2 aliphatic heterocycles. The van der Waals surface area contributed by atoms with Gasteiger partial charge in [0.2, 0.25) is 11.8 Å². The minimum Gasteiger partial charge on any atom is -0.368 e. The van der Waals surface area contributed by atoms with Crippen molar-refractivity contribution in [2.75, 3.05) is 44.2 Å². The van der Waals surface area contributed by atoms with Crippen LogP contribution in [0.3, 0.4) is 0 Å². The number of hydrogen-bond donors (Lipinski definition) is 1. The minimum absolute atomic E-state index is 0.0803. The fourth-order valence-corrected chi connectivity index (χ4v) is 4.74. The van der Waals surface area contributed by atoms with Crippen LogP contribution in [0.25, 0.3) is 0 Å². The van der Waals surface area contributed by atoms with Gasteiger partial charge in [-0.1, -0.05) is 18.2 Å². The molecule has 2 saturated heterocycles. The summed E-state index contributed by atoms with van der Waals surface area (Å²) >= 11 is 0. The lowest BCUT2D eigenvalue weighted by Crippen LogP contribution is -2.52. The smallest absolute Gasteiger partial charge is 0.324 e. The number of nitrogens with one attached hydrogen (secondary N) is 1. The Morgan fingerprint density at radius 1 is 0.966 bits per heavy atom. The van der Waals surface area contributed by atoms with Crippen molar-refractivity contribution in [3.63, 3.8) is 0 Å². The molecular formula is C22H30N4O3. The lowest BCUT2D eigenvalue weighted by molar-refractivity contribution is -0.137. The van der Waals surface area contributed by atoms with Crippen LogP contribution in [-0.4, -0.2) is 66.9 Å². The molecule has 29 heavy (non-hydrogen) atoms. The maximum atomic E-state index is 13.0. The van der Waals surface area contributed by atoms with Gasteiger partial charge in [0.05, 0.1) is 0 Å². The molecule has 1 aromatic carbocycles. The Hall–Kier alpha value is -2.57. The lowest BCUT2D eigenvalue weighted by atomic mass is 9.81. The molecule has 3 fully saturated rings. The summed E-state index contributed by atoms with van der Waals surface area (Å²) in [5, 5.41) is 2.74. The van der Waals surface area contributed by atoms with Crippen LogP contribution in [-0.2, 0) is 9.59 Å². The maximum Gasteiger partial charge on any atom is 0.324 e. The molecule has 7 nitrogen and oxygen atoms in total. The Kier molecular flexibility index (Phi) is 6.02. The molecule has 0 atom stereocenters. The second kappa shape index (κ2) is 8.84. The van der Waals surface area contributed by atoms with Crippen LogP contribution >= 0.6 is 0 Å². The molecular weight excluding hydrogens is 368 g/mol. The Morgan fingerprint density at radius 3 is 2.31 bits per heavy atom. The summed E-state index contributed by atoms with van der Waals surface area (Å²) in [6.45, 7) is 4.22. The molecule has 4 amide bonds. The number of imide groups is 1. The van der Waals surface area contributed by atoms with Crippen molar-refractivity contribution in [3.05, 3.63) is 30.3 Å². The molecule has 0 aromatic heterocycles. The van der Waals surface area contributed by atoms with Gasteiger partial charge in [-0.25, -0.2) is 4.79 Å². The largest absolute Gasteiger partial charge is 0.368 e. The first-order valence-corrected chi connectivity index (χ1v) is 10.8. The van der Waals surface area contributed by atoms with Gasteiger partial charge in [-0.2, -0.15) is 0 Å². The fourth-order valence-electron chi connectivity index (χ4n) is 4.74. The second-order valence-electron chi connectivity index (χ2n) is 8.35. The molecule has 0 bridgehead atoms. The van der Waals surface area contributed by atoms with Gasteiger partial charge in [0, 0.05) is 57.3 Å². The van der Waals surface area contributed by atoms with Gasteiger partial charge in [0.1, 0.15) is 0 Å². The first kappa shape index (κ1) is 19.7. The first-order chi connectivity index (χ1) is 14.1. The van der Waals surface area contributed by atoms with E-state index in [1.165, 1.54) is 10.6 Å². The predicted molar refractivity (Wildman–Crippen MR) is 110 cm³/mol. The number of urea groups is 1. The zero-order valence-electron chi connectivity index (χ0n) is 16.9. The summed E-state index contributed by atoms with van der Waals surface area (Å²) in [5.41, 5.74) is 1.22. The number of benzene rings is 1. The zero-order valence-corrected chi connectivity index (χ0v) is 16.9. The van der Waals surface area contributed by atoms with Crippen LogP contribution in [0.1, 0.15) is 32.1 Å². The normalized spacial score (nSPS) is 25.7. The number of amides is 4. The van der Waals surface area contributed by atoms with Crippen LogP contribution in [0.5, 0.6) is 0 Å². The lowest BCUT2D eigenvalue weighted by Gasteiger charge is -2.39. The topological polar surface area (TPSA) is 73.0 Å². The first-order valence-electron chi connectivity index (χ1n) is 10.8. The van der Waals surface area contributed by atoms with E-state index in [4.69, 9.17) is 0 Å². The second-order valence-corrected chi connectivity index (χ2v) is 8.35. The van der Waals surface area contributed by atoms with E-state index in [2.05, 4.69) is 22.3 Å². The van der Waals surface area contributed by atoms with Gasteiger partial charge in [0.15, 0.2) is 0 Å². The molecule has 1 aliphatic carbocycles. The summed E-state index contributed by atoms with van der Waals surface area (Å²) in [7, 11) is 0. The number of rotatable bonds is 4. The molecule has 3 aliphatic rings. The number of carbonyl (C=O) groups is 3. The van der Waals surface area contributed by atoms with Gasteiger partial charge >= 0.3 is 6.03 Å². The molecule has 156 valence electrons. The van der Waals surface area contributed by atoms with Crippen molar-refractivity contribution in [2.45, 2.75) is 32.1 Å².